The van der Waals surface area contributed by atoms with Crippen molar-refractivity contribution < 1.29 is 24.5 Å². The Bertz CT molecular complexity index is 744. The van der Waals surface area contributed by atoms with Gasteiger partial charge in [0.25, 0.3) is 0 Å². The summed E-state index contributed by atoms with van der Waals surface area (Å²) in [6, 6.07) is 3.94. The third kappa shape index (κ3) is 5.36. The number of aromatic nitrogens is 1. The molecule has 3 rings (SSSR count). The van der Waals surface area contributed by atoms with Gasteiger partial charge >= 0.3 is 12.0 Å². The molecular weight excluding hydrogens is 376 g/mol. The second-order valence-electron chi connectivity index (χ2n) is 7.77. The lowest BCUT2D eigenvalue weighted by molar-refractivity contribution is -0.159. The number of urea groups is 1. The molecule has 0 aromatic carbocycles. The van der Waals surface area contributed by atoms with Gasteiger partial charge in [0, 0.05) is 32.4 Å². The second-order valence-corrected chi connectivity index (χ2v) is 7.77. The summed E-state index contributed by atoms with van der Waals surface area (Å²) in [7, 11) is 1.42. The Hall–Kier alpha value is -2.39. The fourth-order valence-corrected chi connectivity index (χ4v) is 3.98. The summed E-state index contributed by atoms with van der Waals surface area (Å²) in [5, 5.41) is 25.8. The van der Waals surface area contributed by atoms with Gasteiger partial charge in [-0.15, -0.1) is 0 Å². The SMILES string of the molecule is COC1CN(C(=O)NCCCc2ccc3c(n2)NCCC3)CCC1(O)CC(=O)O. The van der Waals surface area contributed by atoms with Crippen molar-refractivity contribution >= 4 is 17.8 Å². The molecule has 2 atom stereocenters. The van der Waals surface area contributed by atoms with Crippen molar-refractivity contribution in [2.24, 2.45) is 0 Å². The minimum Gasteiger partial charge on any atom is -0.481 e. The number of carboxylic acid groups (broad SMARTS) is 1. The minimum absolute atomic E-state index is 0.157. The maximum atomic E-state index is 12.4. The number of likely N-dealkylation sites (tertiary alicyclic amines) is 1. The fourth-order valence-electron chi connectivity index (χ4n) is 3.98. The second kappa shape index (κ2) is 9.41. The predicted molar refractivity (Wildman–Crippen MR) is 107 cm³/mol. The predicted octanol–water partition coefficient (Wildman–Crippen LogP) is 1.01. The van der Waals surface area contributed by atoms with E-state index in [1.54, 1.807) is 4.90 Å². The van der Waals surface area contributed by atoms with Gasteiger partial charge in [0.15, 0.2) is 0 Å². The van der Waals surface area contributed by atoms with E-state index in [2.05, 4.69) is 21.7 Å². The minimum atomic E-state index is -1.45. The summed E-state index contributed by atoms with van der Waals surface area (Å²) in [6.45, 7) is 1.91. The standard InChI is InChI=1S/C20H30N4O5/c1-29-16-13-24(11-8-20(16,28)12-17(25)26)19(27)22-10-3-5-15-7-6-14-4-2-9-21-18(14)23-15/h6-7,16,28H,2-5,8-13H2,1H3,(H,21,23)(H,22,27)(H,25,26). The number of aliphatic carboxylic acids is 1. The number of hydrogen-bond acceptors (Lipinski definition) is 6. The van der Waals surface area contributed by atoms with Crippen LogP contribution in [0.3, 0.4) is 0 Å². The Morgan fingerprint density at radius 1 is 1.45 bits per heavy atom. The number of pyridine rings is 1. The number of methoxy groups -OCH3 is 1. The Kier molecular flexibility index (Phi) is 6.92. The summed E-state index contributed by atoms with van der Waals surface area (Å²) < 4.78 is 5.27. The molecule has 2 aliphatic heterocycles. The molecule has 29 heavy (non-hydrogen) atoms. The van der Waals surface area contributed by atoms with Gasteiger partial charge in [0.1, 0.15) is 17.5 Å². The van der Waals surface area contributed by atoms with E-state index < -0.39 is 24.1 Å². The quantitative estimate of drug-likeness (QED) is 0.498. The molecule has 4 N–H and O–H groups in total. The lowest BCUT2D eigenvalue weighted by Gasteiger charge is -2.42. The van der Waals surface area contributed by atoms with Gasteiger partial charge < -0.3 is 30.5 Å². The first-order valence-corrected chi connectivity index (χ1v) is 10.1. The Morgan fingerprint density at radius 2 is 2.28 bits per heavy atom. The number of anilines is 1. The van der Waals surface area contributed by atoms with E-state index in [1.165, 1.54) is 12.7 Å². The maximum Gasteiger partial charge on any atom is 0.317 e. The number of carbonyl (C=O) groups excluding carboxylic acids is 1. The Balaban J connectivity index is 1.43. The molecule has 2 unspecified atom stereocenters. The summed E-state index contributed by atoms with van der Waals surface area (Å²) in [5.41, 5.74) is 0.807. The van der Waals surface area contributed by atoms with Crippen LogP contribution in [0.5, 0.6) is 0 Å². The van der Waals surface area contributed by atoms with Crippen molar-refractivity contribution in [1.82, 2.24) is 15.2 Å². The first kappa shape index (κ1) is 21.3. The smallest absolute Gasteiger partial charge is 0.317 e. The van der Waals surface area contributed by atoms with E-state index in [-0.39, 0.29) is 25.5 Å². The number of nitrogens with zero attached hydrogens (tertiary/aromatic N) is 2. The highest BCUT2D eigenvalue weighted by Crippen LogP contribution is 2.28. The average molecular weight is 406 g/mol. The van der Waals surface area contributed by atoms with Crippen LogP contribution in [0.25, 0.3) is 0 Å². The maximum absolute atomic E-state index is 12.4. The number of ether oxygens (including phenoxy) is 1. The molecule has 0 saturated carbocycles. The number of aliphatic hydroxyl groups is 1. The molecule has 0 radical (unpaired) electrons. The first-order chi connectivity index (χ1) is 13.9. The van der Waals surface area contributed by atoms with Crippen molar-refractivity contribution in [3.8, 4) is 0 Å². The summed E-state index contributed by atoms with van der Waals surface area (Å²) in [5.74, 6) is -0.107. The monoisotopic (exact) mass is 406 g/mol. The van der Waals surface area contributed by atoms with Gasteiger partial charge in [0.2, 0.25) is 0 Å². The van der Waals surface area contributed by atoms with Crippen LogP contribution in [0.2, 0.25) is 0 Å². The van der Waals surface area contributed by atoms with Crippen LogP contribution in [0.1, 0.15) is 36.9 Å². The molecule has 2 amide bonds. The number of carboxylic acids is 1. The van der Waals surface area contributed by atoms with E-state index >= 15 is 0 Å². The summed E-state index contributed by atoms with van der Waals surface area (Å²) in [6.07, 6.45) is 2.77. The average Bonchev–Trinajstić information content (AvgIpc) is 2.70. The number of piperidine rings is 1. The number of aryl methyl sites for hydroxylation is 2. The van der Waals surface area contributed by atoms with E-state index in [9.17, 15) is 14.7 Å². The van der Waals surface area contributed by atoms with Gasteiger partial charge in [-0.05, 0) is 43.7 Å². The molecule has 2 aliphatic rings. The number of fused-ring (bicyclic) bond motifs is 1. The van der Waals surface area contributed by atoms with Crippen LogP contribution in [-0.2, 0) is 22.4 Å². The lowest BCUT2D eigenvalue weighted by atomic mass is 9.85. The molecule has 9 heteroatoms. The van der Waals surface area contributed by atoms with Crippen molar-refractivity contribution in [1.29, 1.82) is 0 Å². The molecule has 0 bridgehead atoms. The molecule has 1 saturated heterocycles. The molecule has 0 aliphatic carbocycles. The van der Waals surface area contributed by atoms with Gasteiger partial charge in [-0.25, -0.2) is 9.78 Å². The molecule has 1 aromatic heterocycles. The van der Waals surface area contributed by atoms with Crippen molar-refractivity contribution in [2.75, 3.05) is 38.6 Å². The largest absolute Gasteiger partial charge is 0.481 e. The van der Waals surface area contributed by atoms with Crippen LogP contribution < -0.4 is 10.6 Å². The highest BCUT2D eigenvalue weighted by molar-refractivity contribution is 5.74. The number of amides is 2. The van der Waals surface area contributed by atoms with Crippen LogP contribution in [0.4, 0.5) is 10.6 Å². The van der Waals surface area contributed by atoms with Crippen molar-refractivity contribution in [2.45, 2.75) is 50.2 Å². The molecule has 160 valence electrons. The highest BCUT2D eigenvalue weighted by atomic mass is 16.5. The van der Waals surface area contributed by atoms with Crippen LogP contribution >= 0.6 is 0 Å². The zero-order valence-electron chi connectivity index (χ0n) is 16.8. The number of hydrogen-bond donors (Lipinski definition) is 4. The van der Waals surface area contributed by atoms with Gasteiger partial charge in [-0.3, -0.25) is 4.79 Å². The third-order valence-corrected chi connectivity index (χ3v) is 5.67. The van der Waals surface area contributed by atoms with Crippen molar-refractivity contribution in [3.05, 3.63) is 23.4 Å². The van der Waals surface area contributed by atoms with E-state index in [0.717, 1.165) is 43.7 Å². The van der Waals surface area contributed by atoms with E-state index in [1.807, 2.05) is 6.07 Å². The molecule has 1 fully saturated rings. The summed E-state index contributed by atoms with van der Waals surface area (Å²) in [4.78, 5) is 29.6. The molecule has 0 spiro atoms. The van der Waals surface area contributed by atoms with Crippen LogP contribution in [0, 0.1) is 0 Å². The fraction of sp³-hybridized carbons (Fsp3) is 0.650. The third-order valence-electron chi connectivity index (χ3n) is 5.67. The topological polar surface area (TPSA) is 124 Å². The molecule has 1 aromatic rings. The first-order valence-electron chi connectivity index (χ1n) is 10.1. The molecule has 3 heterocycles. The summed E-state index contributed by atoms with van der Waals surface area (Å²) >= 11 is 0. The number of nitrogens with one attached hydrogen (secondary N) is 2. The van der Waals surface area contributed by atoms with Gasteiger partial charge in [-0.1, -0.05) is 6.07 Å². The van der Waals surface area contributed by atoms with Gasteiger partial charge in [0.05, 0.1) is 13.0 Å². The number of carbonyl (C=O) groups is 2. The van der Waals surface area contributed by atoms with E-state index in [4.69, 9.17) is 9.84 Å². The normalized spacial score (nSPS) is 23.8. The Morgan fingerprint density at radius 3 is 3.03 bits per heavy atom. The highest BCUT2D eigenvalue weighted by Gasteiger charge is 2.44. The van der Waals surface area contributed by atoms with Crippen LogP contribution in [0.15, 0.2) is 12.1 Å². The molecule has 9 nitrogen and oxygen atoms in total. The van der Waals surface area contributed by atoms with Crippen molar-refractivity contribution in [3.63, 3.8) is 0 Å². The lowest BCUT2D eigenvalue weighted by Crippen LogP contribution is -2.59. The number of rotatable bonds is 7. The molecular formula is C20H30N4O5. The zero-order chi connectivity index (χ0) is 20.9. The van der Waals surface area contributed by atoms with Crippen LogP contribution in [-0.4, -0.2) is 77.1 Å². The zero-order valence-corrected chi connectivity index (χ0v) is 16.8. The van der Waals surface area contributed by atoms with E-state index in [0.29, 0.717) is 6.54 Å². The van der Waals surface area contributed by atoms with Gasteiger partial charge in [-0.2, -0.15) is 0 Å². The Labute approximate surface area is 170 Å².